The third-order valence-corrected chi connectivity index (χ3v) is 13.8. The number of hydrogen-bond donors (Lipinski definition) is 2. The first kappa shape index (κ1) is 49.1. The molecule has 2 aromatic rings. The van der Waals surface area contributed by atoms with E-state index in [0.717, 1.165) is 50.7 Å². The Morgan fingerprint density at radius 3 is 1.67 bits per heavy atom. The van der Waals surface area contributed by atoms with E-state index in [2.05, 4.69) is 67.1 Å². The molecule has 15 heteroatoms. The largest absolute Gasteiger partial charge is 0.493 e. The van der Waals surface area contributed by atoms with Gasteiger partial charge >= 0.3 is 6.01 Å². The molecule has 354 valence electrons. The molecule has 4 aliphatic rings. The average Bonchev–Trinajstić information content (AvgIpc) is 3.30. The van der Waals surface area contributed by atoms with E-state index in [0.29, 0.717) is 109 Å². The lowest BCUT2D eigenvalue weighted by Gasteiger charge is -2.42. The minimum absolute atomic E-state index is 0.0165. The van der Waals surface area contributed by atoms with Gasteiger partial charge in [0.15, 0.2) is 0 Å². The lowest BCUT2D eigenvalue weighted by Crippen LogP contribution is -2.62. The number of piperazine rings is 2. The van der Waals surface area contributed by atoms with E-state index in [1.807, 2.05) is 31.7 Å². The molecule has 4 fully saturated rings. The Morgan fingerprint density at radius 1 is 0.641 bits per heavy atom. The van der Waals surface area contributed by atoms with Crippen molar-refractivity contribution < 1.29 is 28.7 Å². The van der Waals surface area contributed by atoms with Crippen LogP contribution in [0.5, 0.6) is 11.8 Å². The van der Waals surface area contributed by atoms with E-state index in [-0.39, 0.29) is 53.5 Å². The van der Waals surface area contributed by atoms with Crippen molar-refractivity contribution in [1.29, 1.82) is 0 Å². The molecule has 2 N–H and O–H groups in total. The molecule has 0 aromatic carbocycles. The quantitative estimate of drug-likeness (QED) is 0.172. The number of rotatable bonds is 21. The zero-order valence-corrected chi connectivity index (χ0v) is 39.5. The smallest absolute Gasteiger partial charge is 0.316 e. The molecular weight excluding hydrogens is 811 g/mol. The Morgan fingerprint density at radius 2 is 1.14 bits per heavy atom. The minimum atomic E-state index is -0.507. The lowest BCUT2D eigenvalue weighted by atomic mass is 9.87. The highest BCUT2D eigenvalue weighted by atomic mass is 16.5. The Balaban J connectivity index is 1.01. The molecule has 4 amide bonds. The summed E-state index contributed by atoms with van der Waals surface area (Å²) in [6.07, 6.45) is 14.6. The van der Waals surface area contributed by atoms with Crippen LogP contribution in [0.1, 0.15) is 106 Å². The van der Waals surface area contributed by atoms with Crippen molar-refractivity contribution in [1.82, 2.24) is 45.2 Å². The highest BCUT2D eigenvalue weighted by molar-refractivity contribution is 5.91. The summed E-state index contributed by atoms with van der Waals surface area (Å²) >= 11 is 0. The summed E-state index contributed by atoms with van der Waals surface area (Å²) in [5.41, 5.74) is 0. The number of piperidine rings is 2. The number of nitrogens with zero attached hydrogens (tertiary/aromatic N) is 7. The van der Waals surface area contributed by atoms with Crippen molar-refractivity contribution in [3.63, 3.8) is 0 Å². The van der Waals surface area contributed by atoms with Gasteiger partial charge in [0.05, 0.1) is 25.3 Å². The van der Waals surface area contributed by atoms with Crippen LogP contribution < -0.4 is 20.1 Å². The van der Waals surface area contributed by atoms with E-state index < -0.39 is 12.1 Å². The first-order chi connectivity index (χ1) is 30.9. The van der Waals surface area contributed by atoms with Crippen molar-refractivity contribution in [2.75, 3.05) is 65.6 Å². The van der Waals surface area contributed by atoms with Gasteiger partial charge in [-0.05, 0) is 105 Å². The fourth-order valence-electron chi connectivity index (χ4n) is 9.99. The summed E-state index contributed by atoms with van der Waals surface area (Å²) < 4.78 is 11.8. The first-order valence-corrected chi connectivity index (χ1v) is 24.4. The number of likely N-dealkylation sites (tertiary alicyclic amines) is 2. The van der Waals surface area contributed by atoms with Crippen molar-refractivity contribution in [3.8, 4) is 11.8 Å². The number of aromatic nitrogens is 3. The monoisotopic (exact) mass is 888 g/mol. The zero-order chi connectivity index (χ0) is 45.6. The Labute approximate surface area is 382 Å². The second-order valence-electron chi connectivity index (χ2n) is 20.0. The van der Waals surface area contributed by atoms with Crippen molar-refractivity contribution >= 4 is 23.6 Å². The molecule has 64 heavy (non-hydrogen) atoms. The minimum Gasteiger partial charge on any atom is -0.493 e. The number of nitrogens with one attached hydrogen (secondary N) is 2. The first-order valence-electron chi connectivity index (χ1n) is 24.4. The normalized spacial score (nSPS) is 22.4. The summed E-state index contributed by atoms with van der Waals surface area (Å²) in [5.74, 6) is 2.69. The summed E-state index contributed by atoms with van der Waals surface area (Å²) in [6.45, 7) is 19.0. The van der Waals surface area contributed by atoms with Gasteiger partial charge in [-0.3, -0.25) is 24.2 Å². The fourth-order valence-corrected chi connectivity index (χ4v) is 9.99. The van der Waals surface area contributed by atoms with Crippen LogP contribution in [0.2, 0.25) is 0 Å². The van der Waals surface area contributed by atoms with E-state index in [1.54, 1.807) is 30.9 Å². The molecule has 15 nitrogen and oxygen atoms in total. The highest BCUT2D eigenvalue weighted by Crippen LogP contribution is 2.29. The highest BCUT2D eigenvalue weighted by Gasteiger charge is 2.41. The van der Waals surface area contributed by atoms with Crippen LogP contribution in [0.4, 0.5) is 0 Å². The Kier molecular flexibility index (Phi) is 18.6. The van der Waals surface area contributed by atoms with Crippen LogP contribution >= 0.6 is 0 Å². The maximum Gasteiger partial charge on any atom is 0.316 e. The number of carbonyl (C=O) groups is 4. The second-order valence-corrected chi connectivity index (χ2v) is 20.0. The van der Waals surface area contributed by atoms with E-state index in [1.165, 1.54) is 0 Å². The fraction of sp³-hybridized carbons (Fsp3) is 0.735. The van der Waals surface area contributed by atoms with Crippen molar-refractivity contribution in [2.45, 2.75) is 130 Å². The van der Waals surface area contributed by atoms with Gasteiger partial charge in [0.2, 0.25) is 23.6 Å². The summed E-state index contributed by atoms with van der Waals surface area (Å²) in [6, 6.07) is 4.25. The van der Waals surface area contributed by atoms with Crippen molar-refractivity contribution in [2.24, 2.45) is 35.5 Å². The standard InChI is InChI=1S/C49H77N9O6/c1-34(2)28-41-45(59)58(27-20-51-41)44(48(62)56-22-12-38(13-23-56)32-63-40-10-18-50-19-11-40)31-37(6)9-8-36(5)30-42-46(60)57(26-21-52-42)43(29-35(3)4)47(61)55-24-14-39(15-25-55)33-64-49-53-16-7-17-54-49/h7,10-11,16-19,34-39,41-44,51-52H,8-9,12-15,20-33H2,1-6H3/t36?,37?,41-,42-,43-,44-/m0/s1. The van der Waals surface area contributed by atoms with Gasteiger partial charge in [-0.25, -0.2) is 9.97 Å². The molecule has 6 rings (SSSR count). The summed E-state index contributed by atoms with van der Waals surface area (Å²) in [4.78, 5) is 77.0. The van der Waals surface area contributed by atoms with Crippen LogP contribution in [-0.2, 0) is 19.2 Å². The van der Waals surface area contributed by atoms with Gasteiger partial charge in [0, 0.05) is 77.1 Å². The topological polar surface area (TPSA) is 162 Å². The zero-order valence-electron chi connectivity index (χ0n) is 39.5. The van der Waals surface area contributed by atoms with Crippen LogP contribution in [0.25, 0.3) is 0 Å². The van der Waals surface area contributed by atoms with E-state index >= 15 is 0 Å². The van der Waals surface area contributed by atoms with Gasteiger partial charge in [0.1, 0.15) is 17.8 Å². The van der Waals surface area contributed by atoms with Crippen molar-refractivity contribution in [3.05, 3.63) is 43.0 Å². The summed E-state index contributed by atoms with van der Waals surface area (Å²) in [5, 5.41) is 6.92. The van der Waals surface area contributed by atoms with Gasteiger partial charge in [-0.15, -0.1) is 0 Å². The van der Waals surface area contributed by atoms with Crippen LogP contribution in [0, 0.1) is 35.5 Å². The number of amides is 4. The van der Waals surface area contributed by atoms with Gasteiger partial charge in [-0.1, -0.05) is 54.4 Å². The number of carbonyl (C=O) groups excluding carboxylic acids is 4. The second kappa shape index (κ2) is 24.2. The number of pyridine rings is 1. The van der Waals surface area contributed by atoms with Crippen LogP contribution in [0.15, 0.2) is 43.0 Å². The molecule has 4 aliphatic heterocycles. The lowest BCUT2D eigenvalue weighted by molar-refractivity contribution is -0.150. The molecule has 6 heterocycles. The molecule has 0 spiro atoms. The third kappa shape index (κ3) is 14.1. The molecule has 6 atom stereocenters. The molecule has 0 bridgehead atoms. The predicted octanol–water partition coefficient (Wildman–Crippen LogP) is 5.07. The molecule has 0 aliphatic carbocycles. The van der Waals surface area contributed by atoms with Crippen LogP contribution in [0.3, 0.4) is 0 Å². The number of hydrogen-bond acceptors (Lipinski definition) is 11. The Bertz CT molecular complexity index is 1760. The van der Waals surface area contributed by atoms with Gasteiger partial charge < -0.3 is 39.7 Å². The van der Waals surface area contributed by atoms with Gasteiger partial charge in [-0.2, -0.15) is 0 Å². The molecule has 4 saturated heterocycles. The number of ether oxygens (including phenoxy) is 2. The maximum absolute atomic E-state index is 14.5. The molecule has 2 aromatic heterocycles. The molecule has 0 radical (unpaired) electrons. The average molecular weight is 888 g/mol. The SMILES string of the molecule is CC(C)C[C@@H]1NCCN([C@@H](CC(C)CCC(C)C[C@@H]2NCCN([C@@H](CC(C)C)C(=O)N3CCC(COc4ncccn4)CC3)C2=O)C(=O)N2CCC(COc3ccncc3)CC2)C1=O. The molecule has 2 unspecified atom stereocenters. The predicted molar refractivity (Wildman–Crippen MR) is 246 cm³/mol. The molecule has 0 saturated carbocycles. The van der Waals surface area contributed by atoms with Crippen LogP contribution in [-0.4, -0.2) is 148 Å². The molecular formula is C49H77N9O6. The maximum atomic E-state index is 14.5. The Hall–Kier alpha value is -4.37. The summed E-state index contributed by atoms with van der Waals surface area (Å²) in [7, 11) is 0. The van der Waals surface area contributed by atoms with E-state index in [4.69, 9.17) is 9.47 Å². The third-order valence-electron chi connectivity index (χ3n) is 13.8. The van der Waals surface area contributed by atoms with E-state index in [9.17, 15) is 19.2 Å². The van der Waals surface area contributed by atoms with Gasteiger partial charge in [0.25, 0.3) is 0 Å².